The Morgan fingerprint density at radius 2 is 2.04 bits per heavy atom. The van der Waals surface area contributed by atoms with Crippen LogP contribution < -0.4 is 0 Å². The summed E-state index contributed by atoms with van der Waals surface area (Å²) in [4.78, 5) is 27.4. The summed E-state index contributed by atoms with van der Waals surface area (Å²) in [5.74, 6) is -2.28. The minimum atomic E-state index is -0.970. The summed E-state index contributed by atoms with van der Waals surface area (Å²) in [5.41, 5.74) is 0.104. The highest BCUT2D eigenvalue weighted by Gasteiger charge is 2.44. The van der Waals surface area contributed by atoms with Crippen molar-refractivity contribution < 1.29 is 23.8 Å². The molecule has 2 aromatic rings. The molecule has 1 aliphatic rings. The average molecular weight is 403 g/mol. The Balaban J connectivity index is 1.96. The Morgan fingerprint density at radius 1 is 1.29 bits per heavy atom. The van der Waals surface area contributed by atoms with E-state index in [9.17, 15) is 19.1 Å². The largest absolute Gasteiger partial charge is 0.503 e. The Labute approximate surface area is 167 Å². The number of carbonyl (C=O) groups excluding carboxylic acids is 2. The highest BCUT2D eigenvalue weighted by Crippen LogP contribution is 2.40. The number of hydrogen-bond donors (Lipinski definition) is 1. The van der Waals surface area contributed by atoms with E-state index < -0.39 is 29.3 Å². The lowest BCUT2D eigenvalue weighted by Gasteiger charge is -2.27. The molecule has 1 atom stereocenters. The van der Waals surface area contributed by atoms with Gasteiger partial charge in [-0.25, -0.2) is 4.39 Å². The van der Waals surface area contributed by atoms with E-state index in [1.165, 1.54) is 28.4 Å². The molecule has 0 aliphatic carbocycles. The van der Waals surface area contributed by atoms with Crippen molar-refractivity contribution in [3.63, 3.8) is 0 Å². The number of thiophene rings is 1. The van der Waals surface area contributed by atoms with E-state index in [0.717, 1.165) is 0 Å². The second kappa shape index (κ2) is 8.67. The maximum Gasteiger partial charge on any atom is 0.290 e. The molecule has 0 unspecified atom stereocenters. The number of rotatable bonds is 8. The Morgan fingerprint density at radius 3 is 2.68 bits per heavy atom. The van der Waals surface area contributed by atoms with Crippen LogP contribution in [0.2, 0.25) is 0 Å². The molecule has 1 aromatic carbocycles. The van der Waals surface area contributed by atoms with Crippen molar-refractivity contribution in [2.75, 3.05) is 13.2 Å². The minimum absolute atomic E-state index is 0.0548. The van der Waals surface area contributed by atoms with Crippen molar-refractivity contribution >= 4 is 23.0 Å². The normalized spacial score (nSPS) is 17.1. The molecule has 28 heavy (non-hydrogen) atoms. The molecule has 2 heterocycles. The number of Topliss-reactive ketones (excluding diaryl/α,β-unsaturated/α-hetero) is 1. The Hall–Kier alpha value is -2.51. The highest BCUT2D eigenvalue weighted by molar-refractivity contribution is 7.12. The third-order valence-electron chi connectivity index (χ3n) is 4.49. The van der Waals surface area contributed by atoms with E-state index in [0.29, 0.717) is 17.9 Å². The first-order chi connectivity index (χ1) is 13.4. The van der Waals surface area contributed by atoms with Crippen LogP contribution in [0.4, 0.5) is 4.39 Å². The van der Waals surface area contributed by atoms with Gasteiger partial charge in [-0.1, -0.05) is 24.3 Å². The number of ketones is 1. The molecule has 0 bridgehead atoms. The maximum absolute atomic E-state index is 14.6. The van der Waals surface area contributed by atoms with Gasteiger partial charge in [0.1, 0.15) is 5.82 Å². The first-order valence-corrected chi connectivity index (χ1v) is 9.98. The van der Waals surface area contributed by atoms with Gasteiger partial charge in [0.25, 0.3) is 5.91 Å². The summed E-state index contributed by atoms with van der Waals surface area (Å²) in [6.07, 6.45) is 0.557. The quantitative estimate of drug-likeness (QED) is 0.528. The van der Waals surface area contributed by atoms with E-state index >= 15 is 0 Å². The molecule has 0 saturated heterocycles. The number of halogens is 1. The number of amides is 1. The lowest BCUT2D eigenvalue weighted by molar-refractivity contribution is -0.129. The number of aliphatic hydroxyl groups excluding tert-OH is 1. The molecule has 5 nitrogen and oxygen atoms in total. The van der Waals surface area contributed by atoms with E-state index in [1.54, 1.807) is 29.6 Å². The molecule has 3 rings (SSSR count). The summed E-state index contributed by atoms with van der Waals surface area (Å²) < 4.78 is 20.1. The van der Waals surface area contributed by atoms with Crippen LogP contribution in [-0.2, 0) is 9.53 Å². The Bertz CT molecular complexity index is 892. The van der Waals surface area contributed by atoms with Crippen molar-refractivity contribution in [3.8, 4) is 0 Å². The minimum Gasteiger partial charge on any atom is -0.503 e. The topological polar surface area (TPSA) is 66.8 Å². The molecule has 1 amide bonds. The van der Waals surface area contributed by atoms with Gasteiger partial charge in [0.2, 0.25) is 5.78 Å². The third kappa shape index (κ3) is 4.00. The van der Waals surface area contributed by atoms with Crippen LogP contribution in [-0.4, -0.2) is 41.0 Å². The van der Waals surface area contributed by atoms with Crippen LogP contribution >= 0.6 is 11.3 Å². The standard InChI is InChI=1S/C21H22FNO4S/c1-13(2)27-11-6-10-23-18(14-7-3-4-8-15(14)22)17(20(25)21(23)26)19(24)16-9-5-12-28-16/h3-5,7-9,12-13,18,25H,6,10-11H2,1-2H3/t18-/m1/s1. The third-order valence-corrected chi connectivity index (χ3v) is 5.36. The van der Waals surface area contributed by atoms with Gasteiger partial charge in [0, 0.05) is 18.7 Å². The second-order valence-electron chi connectivity index (χ2n) is 6.76. The lowest BCUT2D eigenvalue weighted by atomic mass is 9.95. The summed E-state index contributed by atoms with van der Waals surface area (Å²) in [7, 11) is 0. The van der Waals surface area contributed by atoms with Crippen molar-refractivity contribution in [2.24, 2.45) is 0 Å². The molecule has 1 N–H and O–H groups in total. The molecular weight excluding hydrogens is 381 g/mol. The summed E-state index contributed by atoms with van der Waals surface area (Å²) in [6, 6.07) is 8.36. The smallest absolute Gasteiger partial charge is 0.290 e. The van der Waals surface area contributed by atoms with Gasteiger partial charge < -0.3 is 14.7 Å². The zero-order chi connectivity index (χ0) is 20.3. The van der Waals surface area contributed by atoms with Crippen molar-refractivity contribution in [3.05, 3.63) is 69.4 Å². The Kier molecular flexibility index (Phi) is 6.26. The molecule has 1 aliphatic heterocycles. The summed E-state index contributed by atoms with van der Waals surface area (Å²) >= 11 is 1.21. The van der Waals surface area contributed by atoms with E-state index in [4.69, 9.17) is 4.74 Å². The fourth-order valence-corrected chi connectivity index (χ4v) is 3.91. The van der Waals surface area contributed by atoms with Crippen LogP contribution in [0.1, 0.15) is 41.5 Å². The second-order valence-corrected chi connectivity index (χ2v) is 7.71. The van der Waals surface area contributed by atoms with Crippen molar-refractivity contribution in [2.45, 2.75) is 32.4 Å². The molecule has 1 aromatic heterocycles. The number of nitrogens with zero attached hydrogens (tertiary/aromatic N) is 1. The fourth-order valence-electron chi connectivity index (χ4n) is 3.23. The molecule has 7 heteroatoms. The molecule has 0 radical (unpaired) electrons. The number of aliphatic hydroxyl groups is 1. The fraction of sp³-hybridized carbons (Fsp3) is 0.333. The summed E-state index contributed by atoms with van der Waals surface area (Å²) in [6.45, 7) is 4.47. The first-order valence-electron chi connectivity index (χ1n) is 9.10. The van der Waals surface area contributed by atoms with Gasteiger partial charge in [-0.2, -0.15) is 0 Å². The van der Waals surface area contributed by atoms with Gasteiger partial charge in [0.05, 0.1) is 22.6 Å². The van der Waals surface area contributed by atoms with E-state index in [2.05, 4.69) is 0 Å². The molecule has 0 spiro atoms. The lowest BCUT2D eigenvalue weighted by Crippen LogP contribution is -2.33. The monoisotopic (exact) mass is 403 g/mol. The molecule has 0 fully saturated rings. The van der Waals surface area contributed by atoms with Crippen LogP contribution in [0.15, 0.2) is 53.1 Å². The summed E-state index contributed by atoms with van der Waals surface area (Å²) in [5, 5.41) is 12.2. The zero-order valence-corrected chi connectivity index (χ0v) is 16.5. The highest BCUT2D eigenvalue weighted by atomic mass is 32.1. The molecule has 0 saturated carbocycles. The SMILES string of the molecule is CC(C)OCCCN1C(=O)C(O)=C(C(=O)c2cccs2)[C@H]1c1ccccc1F. The van der Waals surface area contributed by atoms with Crippen LogP contribution in [0.3, 0.4) is 0 Å². The zero-order valence-electron chi connectivity index (χ0n) is 15.7. The number of carbonyl (C=O) groups is 2. The number of benzene rings is 1. The van der Waals surface area contributed by atoms with Crippen molar-refractivity contribution in [1.82, 2.24) is 4.90 Å². The molecule has 148 valence electrons. The first kappa shape index (κ1) is 20.2. The van der Waals surface area contributed by atoms with E-state index in [-0.39, 0.29) is 23.8 Å². The van der Waals surface area contributed by atoms with E-state index in [1.807, 2.05) is 13.8 Å². The predicted molar refractivity (Wildman–Crippen MR) is 105 cm³/mol. The van der Waals surface area contributed by atoms with Gasteiger partial charge in [-0.15, -0.1) is 11.3 Å². The molecular formula is C21H22FNO4S. The number of ether oxygens (including phenoxy) is 1. The number of hydrogen-bond acceptors (Lipinski definition) is 5. The van der Waals surface area contributed by atoms with Gasteiger partial charge in [-0.3, -0.25) is 9.59 Å². The van der Waals surface area contributed by atoms with Crippen LogP contribution in [0, 0.1) is 5.82 Å². The predicted octanol–water partition coefficient (Wildman–Crippen LogP) is 4.28. The van der Waals surface area contributed by atoms with Gasteiger partial charge in [0.15, 0.2) is 5.76 Å². The maximum atomic E-state index is 14.6. The van der Waals surface area contributed by atoms with Gasteiger partial charge in [-0.05, 0) is 37.8 Å². The van der Waals surface area contributed by atoms with Crippen LogP contribution in [0.5, 0.6) is 0 Å². The van der Waals surface area contributed by atoms with Crippen LogP contribution in [0.25, 0.3) is 0 Å². The average Bonchev–Trinajstić information content (AvgIpc) is 3.28. The van der Waals surface area contributed by atoms with Gasteiger partial charge >= 0.3 is 0 Å². The van der Waals surface area contributed by atoms with Crippen molar-refractivity contribution in [1.29, 1.82) is 0 Å².